The molecule has 35 heavy (non-hydrogen) atoms. The number of pyridine rings is 1. The number of aromatic hydroxyl groups is 1. The van der Waals surface area contributed by atoms with E-state index in [1.807, 2.05) is 66.7 Å². The Morgan fingerprint density at radius 2 is 1.37 bits per heavy atom. The van der Waals surface area contributed by atoms with Gasteiger partial charge in [-0.25, -0.2) is 9.67 Å². The largest absolute Gasteiger partial charge is 0.506 e. The first-order chi connectivity index (χ1) is 16.9. The maximum atomic E-state index is 13.7. The maximum Gasteiger partial charge on any atom is 0.297 e. The number of para-hydroxylation sites is 3. The predicted octanol–water partition coefficient (Wildman–Crippen LogP) is 4.63. The van der Waals surface area contributed by atoms with E-state index in [4.69, 9.17) is 0 Å². The number of nitrogens with zero attached hydrogens (tertiary/aromatic N) is 4. The van der Waals surface area contributed by atoms with Crippen molar-refractivity contribution in [2.45, 2.75) is 13.8 Å². The number of hydrogen-bond donors (Lipinski definition) is 1. The van der Waals surface area contributed by atoms with Gasteiger partial charge in [0.05, 0.1) is 22.6 Å². The van der Waals surface area contributed by atoms with Gasteiger partial charge in [-0.05, 0) is 50.2 Å². The smallest absolute Gasteiger partial charge is 0.297 e. The average molecular weight is 465 g/mol. The number of hydrogen-bond acceptors (Lipinski definition) is 4. The second-order valence-corrected chi connectivity index (χ2v) is 8.32. The van der Waals surface area contributed by atoms with Crippen LogP contribution >= 0.6 is 0 Å². The van der Waals surface area contributed by atoms with Gasteiger partial charge < -0.3 is 5.11 Å². The molecular weight excluding hydrogens is 440 g/mol. The van der Waals surface area contributed by atoms with E-state index in [0.29, 0.717) is 28.0 Å². The summed E-state index contributed by atoms with van der Waals surface area (Å²) >= 11 is 0. The normalized spacial score (nSPS) is 11.8. The summed E-state index contributed by atoms with van der Waals surface area (Å²) in [4.78, 5) is 31.7. The molecule has 1 N–H and O–H groups in total. The molecule has 0 spiro atoms. The summed E-state index contributed by atoms with van der Waals surface area (Å²) in [5.74, 6) is -0.156. The van der Waals surface area contributed by atoms with Crippen molar-refractivity contribution in [3.05, 3.63) is 117 Å². The number of fused-ring (bicyclic) bond motifs is 1. The van der Waals surface area contributed by atoms with Crippen molar-refractivity contribution in [3.8, 4) is 17.1 Å². The minimum absolute atomic E-state index is 0.0569. The first-order valence-electron chi connectivity index (χ1n) is 11.2. The zero-order chi connectivity index (χ0) is 24.7. The number of aromatic nitrogens is 3. The monoisotopic (exact) mass is 464 g/mol. The first kappa shape index (κ1) is 22.2. The summed E-state index contributed by atoms with van der Waals surface area (Å²) in [6.07, 6.45) is 0. The molecule has 0 atom stereocenters. The van der Waals surface area contributed by atoms with Crippen LogP contribution < -0.4 is 11.1 Å². The van der Waals surface area contributed by atoms with Crippen LogP contribution in [0.3, 0.4) is 0 Å². The molecule has 0 amide bonds. The van der Waals surface area contributed by atoms with Crippen molar-refractivity contribution in [2.75, 3.05) is 0 Å². The molecule has 174 valence electrons. The van der Waals surface area contributed by atoms with Crippen molar-refractivity contribution < 1.29 is 5.11 Å². The fourth-order valence-electron chi connectivity index (χ4n) is 4.39. The van der Waals surface area contributed by atoms with Crippen molar-refractivity contribution in [1.82, 2.24) is 13.9 Å². The molecule has 0 aliphatic heterocycles. The maximum absolute atomic E-state index is 13.7. The number of aliphatic imine (C=N–C) groups is 1. The summed E-state index contributed by atoms with van der Waals surface area (Å²) in [7, 11) is 1.79. The highest BCUT2D eigenvalue weighted by Gasteiger charge is 2.21. The second kappa shape index (κ2) is 8.61. The standard InChI is InChI=1S/C28H24N4O3/c1-18(29-25-19(2)30(3)32(28(25)35)21-14-8-5-9-15-21)24-26(33)22-16-10-11-17-23(22)31(27(24)34)20-12-6-4-7-13-20/h4-17,33H,1-3H3. The Hall–Kier alpha value is -4.65. The molecule has 0 fully saturated rings. The van der Waals surface area contributed by atoms with Gasteiger partial charge in [-0.15, -0.1) is 0 Å². The SMILES string of the molecule is CC(=Nc1c(C)n(C)n(-c2ccccc2)c1=O)c1c(O)c2ccccc2n(-c2ccccc2)c1=O. The molecule has 0 saturated carbocycles. The third kappa shape index (κ3) is 3.58. The van der Waals surface area contributed by atoms with Gasteiger partial charge in [-0.2, -0.15) is 0 Å². The minimum Gasteiger partial charge on any atom is -0.506 e. The molecular formula is C28H24N4O3. The molecule has 7 nitrogen and oxygen atoms in total. The predicted molar refractivity (Wildman–Crippen MR) is 139 cm³/mol. The topological polar surface area (TPSA) is 81.5 Å². The Kier molecular flexibility index (Phi) is 5.45. The van der Waals surface area contributed by atoms with Crippen molar-refractivity contribution in [3.63, 3.8) is 0 Å². The summed E-state index contributed by atoms with van der Waals surface area (Å²) in [5, 5.41) is 11.7. The Labute approximate surface area is 201 Å². The minimum atomic E-state index is -0.411. The highest BCUT2D eigenvalue weighted by atomic mass is 16.3. The molecule has 2 heterocycles. The van der Waals surface area contributed by atoms with E-state index in [2.05, 4.69) is 4.99 Å². The van der Waals surface area contributed by atoms with Gasteiger partial charge in [0, 0.05) is 18.1 Å². The van der Waals surface area contributed by atoms with Crippen LogP contribution in [0.4, 0.5) is 5.69 Å². The molecule has 7 heteroatoms. The molecule has 5 aromatic rings. The van der Waals surface area contributed by atoms with Crippen LogP contribution in [0.25, 0.3) is 22.3 Å². The van der Waals surface area contributed by atoms with Crippen molar-refractivity contribution in [1.29, 1.82) is 0 Å². The van der Waals surface area contributed by atoms with Crippen LogP contribution in [0, 0.1) is 6.92 Å². The van der Waals surface area contributed by atoms with Gasteiger partial charge in [0.25, 0.3) is 11.1 Å². The van der Waals surface area contributed by atoms with Gasteiger partial charge in [0.2, 0.25) is 0 Å². The Morgan fingerprint density at radius 1 is 0.800 bits per heavy atom. The van der Waals surface area contributed by atoms with Gasteiger partial charge in [-0.3, -0.25) is 18.8 Å². The zero-order valence-electron chi connectivity index (χ0n) is 19.6. The fraction of sp³-hybridized carbons (Fsp3) is 0.107. The fourth-order valence-corrected chi connectivity index (χ4v) is 4.39. The lowest BCUT2D eigenvalue weighted by Gasteiger charge is -2.15. The Morgan fingerprint density at radius 3 is 2.03 bits per heavy atom. The van der Waals surface area contributed by atoms with Crippen LogP contribution in [0.15, 0.2) is 99.5 Å². The molecule has 0 bridgehead atoms. The van der Waals surface area contributed by atoms with Crippen LogP contribution in [-0.4, -0.2) is 24.7 Å². The third-order valence-corrected chi connectivity index (χ3v) is 6.23. The number of benzene rings is 3. The first-order valence-corrected chi connectivity index (χ1v) is 11.2. The molecule has 5 rings (SSSR count). The summed E-state index contributed by atoms with van der Waals surface area (Å²) in [6.45, 7) is 3.44. The van der Waals surface area contributed by atoms with Gasteiger partial charge in [-0.1, -0.05) is 48.5 Å². The van der Waals surface area contributed by atoms with Gasteiger partial charge in [0.15, 0.2) is 5.69 Å². The Balaban J connectivity index is 1.77. The van der Waals surface area contributed by atoms with E-state index >= 15 is 0 Å². The van der Waals surface area contributed by atoms with E-state index in [-0.39, 0.29) is 28.3 Å². The summed E-state index contributed by atoms with van der Waals surface area (Å²) < 4.78 is 4.82. The lowest BCUT2D eigenvalue weighted by molar-refractivity contribution is 0.478. The van der Waals surface area contributed by atoms with Crippen LogP contribution in [-0.2, 0) is 7.05 Å². The third-order valence-electron chi connectivity index (χ3n) is 6.23. The highest BCUT2D eigenvalue weighted by molar-refractivity contribution is 6.06. The van der Waals surface area contributed by atoms with E-state index in [0.717, 1.165) is 0 Å². The second-order valence-electron chi connectivity index (χ2n) is 8.32. The quantitative estimate of drug-likeness (QED) is 0.394. The lowest BCUT2D eigenvalue weighted by atomic mass is 10.1. The highest BCUT2D eigenvalue weighted by Crippen LogP contribution is 2.29. The van der Waals surface area contributed by atoms with Crippen LogP contribution in [0.1, 0.15) is 18.2 Å². The number of rotatable bonds is 4. The van der Waals surface area contributed by atoms with Crippen LogP contribution in [0.5, 0.6) is 5.75 Å². The lowest BCUT2D eigenvalue weighted by Crippen LogP contribution is -2.25. The van der Waals surface area contributed by atoms with E-state index in [9.17, 15) is 14.7 Å². The molecule has 2 aromatic heterocycles. The van der Waals surface area contributed by atoms with E-state index in [1.54, 1.807) is 48.3 Å². The van der Waals surface area contributed by atoms with Crippen LogP contribution in [0.2, 0.25) is 0 Å². The van der Waals surface area contributed by atoms with E-state index < -0.39 is 5.56 Å². The van der Waals surface area contributed by atoms with Gasteiger partial charge >= 0.3 is 0 Å². The zero-order valence-corrected chi connectivity index (χ0v) is 19.6. The molecule has 0 aliphatic rings. The summed E-state index contributed by atoms with van der Waals surface area (Å²) in [5.41, 5.74) is 2.42. The van der Waals surface area contributed by atoms with Gasteiger partial charge in [0.1, 0.15) is 11.3 Å². The molecule has 3 aromatic carbocycles. The molecule has 0 aliphatic carbocycles. The molecule has 0 saturated heterocycles. The van der Waals surface area contributed by atoms with E-state index in [1.165, 1.54) is 4.68 Å². The van der Waals surface area contributed by atoms with Crippen molar-refractivity contribution >= 4 is 22.3 Å². The summed E-state index contributed by atoms with van der Waals surface area (Å²) in [6, 6.07) is 25.7. The molecule has 0 radical (unpaired) electrons. The Bertz CT molecular complexity index is 1710. The van der Waals surface area contributed by atoms with Crippen molar-refractivity contribution in [2.24, 2.45) is 12.0 Å². The average Bonchev–Trinajstić information content (AvgIpc) is 3.08. The molecule has 0 unspecified atom stereocenters.